The Morgan fingerprint density at radius 2 is 1.67 bits per heavy atom. The van der Waals surface area contributed by atoms with Crippen LogP contribution in [0.4, 0.5) is 17.2 Å². The summed E-state index contributed by atoms with van der Waals surface area (Å²) in [4.78, 5) is 40.7. The molecular formula is C28H26N6O2. The topological polar surface area (TPSA) is 100 Å². The second kappa shape index (κ2) is 9.58. The second-order valence-corrected chi connectivity index (χ2v) is 9.31. The average Bonchev–Trinajstić information content (AvgIpc) is 3.18. The van der Waals surface area contributed by atoms with Gasteiger partial charge in [-0.1, -0.05) is 19.9 Å². The van der Waals surface area contributed by atoms with Crippen LogP contribution in [0, 0.1) is 0 Å². The Labute approximate surface area is 209 Å². The first-order valence-corrected chi connectivity index (χ1v) is 11.7. The van der Waals surface area contributed by atoms with E-state index in [0.717, 1.165) is 16.8 Å². The molecule has 3 aromatic heterocycles. The van der Waals surface area contributed by atoms with Crippen molar-refractivity contribution in [1.82, 2.24) is 15.0 Å². The first-order valence-electron chi connectivity index (χ1n) is 11.7. The van der Waals surface area contributed by atoms with Gasteiger partial charge in [-0.3, -0.25) is 19.6 Å². The highest BCUT2D eigenvalue weighted by Crippen LogP contribution is 2.42. The molecule has 8 heteroatoms. The minimum Gasteiger partial charge on any atom is -0.365 e. The SMILES string of the molecule is CC1(C)CN(C(=O)c2ccncc2)c2cc(NC(=O)c3cccnc3NCc3ccncc3)ccc21. The molecule has 0 atom stereocenters. The first kappa shape index (κ1) is 23.2. The molecule has 8 nitrogen and oxygen atoms in total. The van der Waals surface area contributed by atoms with Crippen LogP contribution in [0.15, 0.2) is 85.6 Å². The summed E-state index contributed by atoms with van der Waals surface area (Å²) in [5, 5.41) is 6.21. The Hall–Kier alpha value is -4.59. The van der Waals surface area contributed by atoms with E-state index >= 15 is 0 Å². The maximum Gasteiger partial charge on any atom is 0.259 e. The number of amides is 2. The highest BCUT2D eigenvalue weighted by atomic mass is 16.2. The zero-order valence-corrected chi connectivity index (χ0v) is 20.1. The highest BCUT2D eigenvalue weighted by Gasteiger charge is 2.38. The molecule has 1 aromatic carbocycles. The van der Waals surface area contributed by atoms with E-state index in [-0.39, 0.29) is 17.2 Å². The van der Waals surface area contributed by atoms with Crippen molar-refractivity contribution in [3.63, 3.8) is 0 Å². The van der Waals surface area contributed by atoms with Crippen molar-refractivity contribution in [2.75, 3.05) is 22.1 Å². The van der Waals surface area contributed by atoms with Gasteiger partial charge in [0, 0.05) is 66.4 Å². The van der Waals surface area contributed by atoms with E-state index in [4.69, 9.17) is 0 Å². The predicted molar refractivity (Wildman–Crippen MR) is 139 cm³/mol. The molecule has 1 aliphatic heterocycles. The maximum absolute atomic E-state index is 13.3. The minimum absolute atomic E-state index is 0.0949. The molecule has 0 spiro atoms. The van der Waals surface area contributed by atoms with Crippen LogP contribution in [0.1, 0.15) is 45.7 Å². The lowest BCUT2D eigenvalue weighted by Gasteiger charge is -2.20. The zero-order valence-electron chi connectivity index (χ0n) is 20.1. The van der Waals surface area contributed by atoms with Crippen molar-refractivity contribution in [3.05, 3.63) is 108 Å². The van der Waals surface area contributed by atoms with Crippen molar-refractivity contribution in [2.45, 2.75) is 25.8 Å². The molecule has 36 heavy (non-hydrogen) atoms. The van der Waals surface area contributed by atoms with E-state index in [1.807, 2.05) is 30.3 Å². The van der Waals surface area contributed by atoms with Gasteiger partial charge >= 0.3 is 0 Å². The molecule has 4 heterocycles. The van der Waals surface area contributed by atoms with Crippen LogP contribution in [-0.4, -0.2) is 33.3 Å². The van der Waals surface area contributed by atoms with Crippen LogP contribution in [0.5, 0.6) is 0 Å². The quantitative estimate of drug-likeness (QED) is 0.418. The van der Waals surface area contributed by atoms with Crippen molar-refractivity contribution in [2.24, 2.45) is 0 Å². The molecule has 180 valence electrons. The van der Waals surface area contributed by atoms with E-state index < -0.39 is 0 Å². The van der Waals surface area contributed by atoms with Crippen LogP contribution in [0.2, 0.25) is 0 Å². The lowest BCUT2D eigenvalue weighted by molar-refractivity contribution is 0.0984. The van der Waals surface area contributed by atoms with Gasteiger partial charge in [-0.15, -0.1) is 0 Å². The molecule has 0 bridgehead atoms. The number of hydrogen-bond donors (Lipinski definition) is 2. The molecule has 0 saturated carbocycles. The standard InChI is InChI=1S/C28H26N6O2/c1-28(2)18-34(27(36)20-9-14-30-15-10-20)24-16-21(5-6-23(24)28)33-26(35)22-4-3-11-31-25(22)32-17-19-7-12-29-13-8-19/h3-16H,17-18H2,1-2H3,(H,31,32)(H,33,35). The number of fused-ring (bicyclic) bond motifs is 1. The monoisotopic (exact) mass is 478 g/mol. The van der Waals surface area contributed by atoms with E-state index in [9.17, 15) is 9.59 Å². The lowest BCUT2D eigenvalue weighted by atomic mass is 9.87. The fourth-order valence-electron chi connectivity index (χ4n) is 4.42. The third-order valence-corrected chi connectivity index (χ3v) is 6.26. The Balaban J connectivity index is 1.38. The number of rotatable bonds is 6. The third-order valence-electron chi connectivity index (χ3n) is 6.26. The van der Waals surface area contributed by atoms with Crippen LogP contribution in [0.25, 0.3) is 0 Å². The van der Waals surface area contributed by atoms with Gasteiger partial charge in [0.1, 0.15) is 5.82 Å². The Bertz CT molecular complexity index is 1410. The highest BCUT2D eigenvalue weighted by molar-refractivity contribution is 6.10. The van der Waals surface area contributed by atoms with Crippen LogP contribution in [-0.2, 0) is 12.0 Å². The van der Waals surface area contributed by atoms with E-state index in [0.29, 0.717) is 35.7 Å². The molecule has 0 saturated heterocycles. The van der Waals surface area contributed by atoms with Gasteiger partial charge in [0.05, 0.1) is 5.56 Å². The Morgan fingerprint density at radius 3 is 2.42 bits per heavy atom. The lowest BCUT2D eigenvalue weighted by Crippen LogP contribution is -2.33. The molecule has 2 amide bonds. The summed E-state index contributed by atoms with van der Waals surface area (Å²) in [6.45, 7) is 5.28. The molecule has 4 aromatic rings. The van der Waals surface area contributed by atoms with E-state index in [2.05, 4.69) is 39.4 Å². The summed E-state index contributed by atoms with van der Waals surface area (Å²) >= 11 is 0. The first-order chi connectivity index (χ1) is 17.4. The van der Waals surface area contributed by atoms with Crippen LogP contribution >= 0.6 is 0 Å². The number of carbonyl (C=O) groups is 2. The smallest absolute Gasteiger partial charge is 0.259 e. The van der Waals surface area contributed by atoms with E-state index in [1.54, 1.807) is 60.1 Å². The molecule has 1 aliphatic rings. The summed E-state index contributed by atoms with van der Waals surface area (Å²) in [7, 11) is 0. The van der Waals surface area contributed by atoms with Gasteiger partial charge in [-0.2, -0.15) is 0 Å². The van der Waals surface area contributed by atoms with Crippen molar-refractivity contribution >= 4 is 29.0 Å². The normalized spacial score (nSPS) is 13.7. The van der Waals surface area contributed by atoms with Gasteiger partial charge in [-0.25, -0.2) is 4.98 Å². The van der Waals surface area contributed by atoms with Gasteiger partial charge in [0.15, 0.2) is 0 Å². The molecule has 0 radical (unpaired) electrons. The second-order valence-electron chi connectivity index (χ2n) is 9.31. The maximum atomic E-state index is 13.3. The van der Waals surface area contributed by atoms with Gasteiger partial charge < -0.3 is 15.5 Å². The third kappa shape index (κ3) is 4.65. The summed E-state index contributed by atoms with van der Waals surface area (Å²) in [6.07, 6.45) is 8.31. The fourth-order valence-corrected chi connectivity index (χ4v) is 4.42. The fraction of sp³-hybridized carbons (Fsp3) is 0.179. The van der Waals surface area contributed by atoms with Crippen LogP contribution in [0.3, 0.4) is 0 Å². The van der Waals surface area contributed by atoms with Crippen molar-refractivity contribution in [3.8, 4) is 0 Å². The van der Waals surface area contributed by atoms with Gasteiger partial charge in [-0.05, 0) is 59.7 Å². The number of carbonyl (C=O) groups excluding carboxylic acids is 2. The number of aromatic nitrogens is 3. The average molecular weight is 479 g/mol. The van der Waals surface area contributed by atoms with Crippen LogP contribution < -0.4 is 15.5 Å². The summed E-state index contributed by atoms with van der Waals surface area (Å²) in [6, 6.07) is 16.4. The summed E-state index contributed by atoms with van der Waals surface area (Å²) in [5.41, 5.74) is 4.27. The minimum atomic E-state index is -0.287. The number of hydrogen-bond acceptors (Lipinski definition) is 6. The number of pyridine rings is 3. The zero-order chi connectivity index (χ0) is 25.1. The Kier molecular flexibility index (Phi) is 6.16. The Morgan fingerprint density at radius 1 is 0.944 bits per heavy atom. The summed E-state index contributed by atoms with van der Waals surface area (Å²) < 4.78 is 0. The molecule has 5 rings (SSSR count). The predicted octanol–water partition coefficient (Wildman–Crippen LogP) is 4.67. The number of benzene rings is 1. The van der Waals surface area contributed by atoms with Gasteiger partial charge in [0.2, 0.25) is 0 Å². The molecule has 0 aliphatic carbocycles. The van der Waals surface area contributed by atoms with E-state index in [1.165, 1.54) is 0 Å². The molecule has 0 unspecified atom stereocenters. The van der Waals surface area contributed by atoms with Crippen molar-refractivity contribution in [1.29, 1.82) is 0 Å². The largest absolute Gasteiger partial charge is 0.365 e. The summed E-state index contributed by atoms with van der Waals surface area (Å²) in [5.74, 6) is 0.107. The molecule has 0 fully saturated rings. The number of nitrogens with one attached hydrogen (secondary N) is 2. The molecule has 2 N–H and O–H groups in total. The molecular weight excluding hydrogens is 452 g/mol. The number of nitrogens with zero attached hydrogens (tertiary/aromatic N) is 4. The van der Waals surface area contributed by atoms with Gasteiger partial charge in [0.25, 0.3) is 11.8 Å². The van der Waals surface area contributed by atoms with Crippen molar-refractivity contribution < 1.29 is 9.59 Å². The number of anilines is 3.